The Bertz CT molecular complexity index is 1570. The van der Waals surface area contributed by atoms with E-state index in [9.17, 15) is 38.7 Å². The Morgan fingerprint density at radius 1 is 0.811 bits per heavy atom. The van der Waals surface area contributed by atoms with Crippen molar-refractivity contribution in [2.45, 2.75) is 104 Å². The summed E-state index contributed by atoms with van der Waals surface area (Å²) >= 11 is 0. The predicted molar refractivity (Wildman–Crippen MR) is 195 cm³/mol. The van der Waals surface area contributed by atoms with Gasteiger partial charge in [-0.15, -0.1) is 0 Å². The van der Waals surface area contributed by atoms with Gasteiger partial charge in [-0.2, -0.15) is 0 Å². The van der Waals surface area contributed by atoms with Crippen LogP contribution in [0.15, 0.2) is 48.9 Å². The number of benzene rings is 1. The highest BCUT2D eigenvalue weighted by atomic mass is 16.4. The van der Waals surface area contributed by atoms with Gasteiger partial charge in [-0.1, -0.05) is 77.8 Å². The number of carbonyl (C=O) groups is 7. The quantitative estimate of drug-likeness (QED) is 0.108. The van der Waals surface area contributed by atoms with Crippen LogP contribution in [0.1, 0.15) is 89.2 Å². The van der Waals surface area contributed by atoms with Crippen molar-refractivity contribution in [2.75, 3.05) is 6.54 Å². The summed E-state index contributed by atoms with van der Waals surface area (Å²) in [5.74, 6) is -5.86. The number of Topliss-reactive ketones (excluding diaryl/α,β-unsaturated/α-hetero) is 1. The van der Waals surface area contributed by atoms with E-state index in [1.54, 1.807) is 65.0 Å². The lowest BCUT2D eigenvalue weighted by atomic mass is 9.91. The molecular weight excluding hydrogens is 682 g/mol. The van der Waals surface area contributed by atoms with Crippen LogP contribution in [-0.2, 0) is 35.2 Å². The Hall–Kier alpha value is -5.21. The molecule has 0 spiro atoms. The number of hydrogen-bond donors (Lipinski definition) is 6. The zero-order valence-corrected chi connectivity index (χ0v) is 31.1. The van der Waals surface area contributed by atoms with Crippen LogP contribution in [-0.4, -0.2) is 87.1 Å². The number of aromatic nitrogens is 2. The first-order valence-corrected chi connectivity index (χ1v) is 18.3. The van der Waals surface area contributed by atoms with Gasteiger partial charge in [0.1, 0.15) is 23.8 Å². The molecule has 6 atom stereocenters. The smallest absolute Gasteiger partial charge is 0.326 e. The SMILES string of the molecule is CCCC(NC(=O)C[C@H]1CCC[C@H]1CNC(=O)[C@@H](NC(=O)[C@H](NC(=O)c1cnccn1)C(C)C)C(C)C)C(=O)C(=O)N[C@H](Cc1ccccc1)C(=O)O. The summed E-state index contributed by atoms with van der Waals surface area (Å²) in [5, 5.41) is 23.1. The Morgan fingerprint density at radius 3 is 2.08 bits per heavy atom. The molecular formula is C38H53N7O8. The number of nitrogens with one attached hydrogen (secondary N) is 5. The molecule has 1 aromatic heterocycles. The summed E-state index contributed by atoms with van der Waals surface area (Å²) in [7, 11) is 0. The molecule has 53 heavy (non-hydrogen) atoms. The number of rotatable bonds is 20. The monoisotopic (exact) mass is 735 g/mol. The molecule has 1 fully saturated rings. The number of carbonyl (C=O) groups excluding carboxylic acids is 6. The van der Waals surface area contributed by atoms with E-state index >= 15 is 0 Å². The van der Waals surface area contributed by atoms with Gasteiger partial charge in [-0.05, 0) is 48.5 Å². The molecule has 3 rings (SSSR count). The predicted octanol–water partition coefficient (Wildman–Crippen LogP) is 1.96. The molecule has 288 valence electrons. The molecule has 1 saturated carbocycles. The van der Waals surface area contributed by atoms with Crippen LogP contribution in [0.3, 0.4) is 0 Å². The normalized spacial score (nSPS) is 17.6. The van der Waals surface area contributed by atoms with Gasteiger partial charge in [0, 0.05) is 31.8 Å². The van der Waals surface area contributed by atoms with E-state index in [4.69, 9.17) is 0 Å². The van der Waals surface area contributed by atoms with E-state index in [1.165, 1.54) is 18.6 Å². The second-order valence-corrected chi connectivity index (χ2v) is 14.2. The van der Waals surface area contributed by atoms with Gasteiger partial charge in [0.15, 0.2) is 0 Å². The molecule has 1 unspecified atom stereocenters. The topological polar surface area (TPSA) is 226 Å². The highest BCUT2D eigenvalue weighted by molar-refractivity contribution is 6.38. The van der Waals surface area contributed by atoms with Crippen LogP contribution in [0.2, 0.25) is 0 Å². The van der Waals surface area contributed by atoms with Crippen molar-refractivity contribution in [3.8, 4) is 0 Å². The molecule has 0 radical (unpaired) electrons. The molecule has 15 nitrogen and oxygen atoms in total. The van der Waals surface area contributed by atoms with Crippen molar-refractivity contribution < 1.29 is 38.7 Å². The third-order valence-electron chi connectivity index (χ3n) is 9.42. The van der Waals surface area contributed by atoms with Gasteiger partial charge in [-0.3, -0.25) is 33.8 Å². The maximum absolute atomic E-state index is 13.4. The Morgan fingerprint density at radius 2 is 1.47 bits per heavy atom. The van der Waals surface area contributed by atoms with E-state index in [-0.39, 0.29) is 55.2 Å². The molecule has 2 aromatic rings. The fourth-order valence-corrected chi connectivity index (χ4v) is 6.42. The Kier molecular flexibility index (Phi) is 16.5. The maximum atomic E-state index is 13.4. The van der Waals surface area contributed by atoms with Crippen molar-refractivity contribution in [1.82, 2.24) is 36.6 Å². The van der Waals surface area contributed by atoms with Gasteiger partial charge < -0.3 is 31.7 Å². The van der Waals surface area contributed by atoms with Crippen molar-refractivity contribution in [3.63, 3.8) is 0 Å². The number of hydrogen-bond acceptors (Lipinski definition) is 9. The van der Waals surface area contributed by atoms with Gasteiger partial charge in [0.2, 0.25) is 23.5 Å². The molecule has 0 saturated heterocycles. The fourth-order valence-electron chi connectivity index (χ4n) is 6.42. The fraction of sp³-hybridized carbons (Fsp3) is 0.553. The molecule has 1 aromatic carbocycles. The summed E-state index contributed by atoms with van der Waals surface area (Å²) < 4.78 is 0. The lowest BCUT2D eigenvalue weighted by Crippen LogP contribution is -2.57. The minimum Gasteiger partial charge on any atom is -0.480 e. The molecule has 0 aliphatic heterocycles. The number of nitrogens with zero attached hydrogens (tertiary/aromatic N) is 2. The zero-order chi connectivity index (χ0) is 39.1. The van der Waals surface area contributed by atoms with E-state index in [0.717, 1.165) is 19.3 Å². The van der Waals surface area contributed by atoms with Gasteiger partial charge in [-0.25, -0.2) is 9.78 Å². The molecule has 1 aliphatic rings. The summed E-state index contributed by atoms with van der Waals surface area (Å²) in [4.78, 5) is 98.3. The van der Waals surface area contributed by atoms with E-state index < -0.39 is 65.5 Å². The van der Waals surface area contributed by atoms with Crippen LogP contribution >= 0.6 is 0 Å². The van der Waals surface area contributed by atoms with Crippen LogP contribution in [0.25, 0.3) is 0 Å². The molecule has 6 N–H and O–H groups in total. The summed E-state index contributed by atoms with van der Waals surface area (Å²) in [6, 6.07) is 4.47. The van der Waals surface area contributed by atoms with Crippen LogP contribution in [0.4, 0.5) is 0 Å². The zero-order valence-electron chi connectivity index (χ0n) is 31.1. The minimum absolute atomic E-state index is 0.00859. The lowest BCUT2D eigenvalue weighted by Gasteiger charge is -2.28. The molecule has 1 heterocycles. The first-order valence-electron chi connectivity index (χ1n) is 18.3. The van der Waals surface area contributed by atoms with E-state index in [0.29, 0.717) is 12.0 Å². The number of aliphatic carboxylic acids is 1. The van der Waals surface area contributed by atoms with Crippen molar-refractivity contribution >= 4 is 41.3 Å². The number of carboxylic acids is 1. The van der Waals surface area contributed by atoms with Crippen LogP contribution in [0.5, 0.6) is 0 Å². The van der Waals surface area contributed by atoms with Gasteiger partial charge in [0.25, 0.3) is 11.8 Å². The first-order chi connectivity index (χ1) is 25.2. The number of ketones is 1. The van der Waals surface area contributed by atoms with E-state index in [1.807, 2.05) is 0 Å². The molecule has 15 heteroatoms. The average molecular weight is 736 g/mol. The highest BCUT2D eigenvalue weighted by Crippen LogP contribution is 2.33. The second kappa shape index (κ2) is 20.7. The Balaban J connectivity index is 1.56. The largest absolute Gasteiger partial charge is 0.480 e. The molecule has 5 amide bonds. The first kappa shape index (κ1) is 42.2. The van der Waals surface area contributed by atoms with Gasteiger partial charge >= 0.3 is 5.97 Å². The second-order valence-electron chi connectivity index (χ2n) is 14.2. The molecule has 1 aliphatic carbocycles. The number of carboxylic acid groups (broad SMARTS) is 1. The molecule has 0 bridgehead atoms. The van der Waals surface area contributed by atoms with Crippen molar-refractivity contribution in [3.05, 3.63) is 60.2 Å². The summed E-state index contributed by atoms with van der Waals surface area (Å²) in [6.45, 7) is 9.23. The minimum atomic E-state index is -1.32. The lowest BCUT2D eigenvalue weighted by molar-refractivity contribution is -0.145. The third kappa shape index (κ3) is 13.1. The van der Waals surface area contributed by atoms with Crippen LogP contribution in [0, 0.1) is 23.7 Å². The van der Waals surface area contributed by atoms with Crippen molar-refractivity contribution in [2.24, 2.45) is 23.7 Å². The van der Waals surface area contributed by atoms with Gasteiger partial charge in [0.05, 0.1) is 12.2 Å². The maximum Gasteiger partial charge on any atom is 0.326 e. The third-order valence-corrected chi connectivity index (χ3v) is 9.42. The summed E-state index contributed by atoms with van der Waals surface area (Å²) in [6.07, 6.45) is 7.19. The summed E-state index contributed by atoms with van der Waals surface area (Å²) in [5.41, 5.74) is 0.739. The van der Waals surface area contributed by atoms with Crippen LogP contribution < -0.4 is 26.6 Å². The number of amides is 5. The highest BCUT2D eigenvalue weighted by Gasteiger charge is 2.35. The van der Waals surface area contributed by atoms with Crippen molar-refractivity contribution in [1.29, 1.82) is 0 Å². The average Bonchev–Trinajstić information content (AvgIpc) is 3.57. The Labute approximate surface area is 310 Å². The van der Waals surface area contributed by atoms with E-state index in [2.05, 4.69) is 36.6 Å². The standard InChI is InChI=1S/C38H53N7O8/c1-6-11-27(33(47)37(51)43-28(38(52)53)18-24-12-8-7-9-13-24)42-30(46)19-25-14-10-15-26(25)20-41-35(49)31(22(2)3)45-36(50)32(23(4)5)44-34(48)29-21-39-16-17-40-29/h7-9,12-13,16-17,21-23,25-28,31-32H,6,10-11,14-15,18-20H2,1-5H3,(H,41,49)(H,42,46)(H,43,51)(H,44,48)(H,45,50)(H,52,53)/t25-,26+,27?,28-,31+,32-/m1/s1.